The molecule has 5 rings (SSSR count). The van der Waals surface area contributed by atoms with E-state index in [0.717, 1.165) is 46.5 Å². The van der Waals surface area contributed by atoms with Crippen LogP contribution in [0, 0.1) is 0 Å². The molecule has 0 saturated heterocycles. The number of nitrogens with zero attached hydrogens (tertiary/aromatic N) is 2. The van der Waals surface area contributed by atoms with Crippen LogP contribution in [0.5, 0.6) is 5.75 Å². The summed E-state index contributed by atoms with van der Waals surface area (Å²) in [7, 11) is 1.64. The maximum absolute atomic E-state index is 13.8. The Bertz CT molecular complexity index is 1290. The van der Waals surface area contributed by atoms with Crippen LogP contribution in [0.15, 0.2) is 58.5 Å². The van der Waals surface area contributed by atoms with Crippen molar-refractivity contribution in [2.24, 2.45) is 0 Å². The highest BCUT2D eigenvalue weighted by molar-refractivity contribution is 7.98. The van der Waals surface area contributed by atoms with Crippen LogP contribution >= 0.6 is 34.7 Å². The molecule has 0 radical (unpaired) electrons. The van der Waals surface area contributed by atoms with Gasteiger partial charge in [0, 0.05) is 15.7 Å². The standard InChI is InChI=1S/C24H21ClN2O2S2/c1-29-18-12-10-17(11-13-18)27-23(28)21-19-4-2-3-5-20(19)31-22(21)26-24(27)30-14-15-6-8-16(25)9-7-15/h6-13H,2-5,14H2,1H3. The quantitative estimate of drug-likeness (QED) is 0.255. The molecular weight excluding hydrogens is 448 g/mol. The zero-order valence-corrected chi connectivity index (χ0v) is 19.4. The first-order valence-electron chi connectivity index (χ1n) is 10.2. The van der Waals surface area contributed by atoms with Gasteiger partial charge in [0.25, 0.3) is 5.56 Å². The number of hydrogen-bond donors (Lipinski definition) is 0. The lowest BCUT2D eigenvalue weighted by Gasteiger charge is -2.14. The largest absolute Gasteiger partial charge is 0.497 e. The van der Waals surface area contributed by atoms with Gasteiger partial charge in [0.05, 0.1) is 18.2 Å². The van der Waals surface area contributed by atoms with E-state index in [1.165, 1.54) is 16.9 Å². The Labute approximate surface area is 193 Å². The van der Waals surface area contributed by atoms with Crippen molar-refractivity contribution in [3.8, 4) is 11.4 Å². The van der Waals surface area contributed by atoms with E-state index in [1.54, 1.807) is 34.8 Å². The maximum Gasteiger partial charge on any atom is 0.267 e. The molecule has 0 fully saturated rings. The Morgan fingerprint density at radius 2 is 1.84 bits per heavy atom. The van der Waals surface area contributed by atoms with Crippen molar-refractivity contribution in [1.82, 2.24) is 9.55 Å². The molecule has 0 spiro atoms. The normalized spacial score (nSPS) is 13.4. The number of halogens is 1. The van der Waals surface area contributed by atoms with Gasteiger partial charge in [-0.05, 0) is 73.2 Å². The summed E-state index contributed by atoms with van der Waals surface area (Å²) in [5.41, 5.74) is 3.17. The third kappa shape index (κ3) is 4.00. The van der Waals surface area contributed by atoms with Crippen LogP contribution in [0.25, 0.3) is 15.9 Å². The SMILES string of the molecule is COc1ccc(-n2c(SCc3ccc(Cl)cc3)nc3sc4c(c3c2=O)CCCC4)cc1. The number of methoxy groups -OCH3 is 1. The molecule has 31 heavy (non-hydrogen) atoms. The molecule has 2 aromatic heterocycles. The van der Waals surface area contributed by atoms with E-state index >= 15 is 0 Å². The molecule has 158 valence electrons. The zero-order chi connectivity index (χ0) is 21.4. The lowest BCUT2D eigenvalue weighted by molar-refractivity contribution is 0.414. The Kier molecular flexibility index (Phi) is 5.78. The smallest absolute Gasteiger partial charge is 0.267 e. The second-order valence-electron chi connectivity index (χ2n) is 7.54. The summed E-state index contributed by atoms with van der Waals surface area (Å²) in [6, 6.07) is 15.4. The Morgan fingerprint density at radius 3 is 2.58 bits per heavy atom. The van der Waals surface area contributed by atoms with E-state index in [0.29, 0.717) is 15.9 Å². The first-order chi connectivity index (χ1) is 15.1. The fourth-order valence-electron chi connectivity index (χ4n) is 3.97. The number of thioether (sulfide) groups is 1. The number of aromatic nitrogens is 2. The molecule has 0 bridgehead atoms. The first-order valence-corrected chi connectivity index (χ1v) is 12.4. The maximum atomic E-state index is 13.8. The van der Waals surface area contributed by atoms with Gasteiger partial charge in [-0.2, -0.15) is 0 Å². The van der Waals surface area contributed by atoms with Gasteiger partial charge in [-0.1, -0.05) is 35.5 Å². The van der Waals surface area contributed by atoms with Crippen molar-refractivity contribution in [2.45, 2.75) is 36.6 Å². The topological polar surface area (TPSA) is 44.1 Å². The second kappa shape index (κ2) is 8.69. The summed E-state index contributed by atoms with van der Waals surface area (Å²) in [5, 5.41) is 2.22. The number of hydrogen-bond acceptors (Lipinski definition) is 5. The van der Waals surface area contributed by atoms with Crippen molar-refractivity contribution in [3.05, 3.63) is 79.9 Å². The number of aryl methyl sites for hydroxylation is 2. The molecule has 4 aromatic rings. The van der Waals surface area contributed by atoms with Crippen LogP contribution in [-0.2, 0) is 18.6 Å². The van der Waals surface area contributed by atoms with E-state index in [-0.39, 0.29) is 5.56 Å². The molecule has 0 aliphatic heterocycles. The summed E-state index contributed by atoms with van der Waals surface area (Å²) in [4.78, 5) is 20.9. The van der Waals surface area contributed by atoms with Gasteiger partial charge in [0.15, 0.2) is 5.16 Å². The van der Waals surface area contributed by atoms with Gasteiger partial charge < -0.3 is 4.74 Å². The van der Waals surface area contributed by atoms with Crippen LogP contribution in [0.2, 0.25) is 5.02 Å². The molecule has 2 aromatic carbocycles. The summed E-state index contributed by atoms with van der Waals surface area (Å²) in [6.45, 7) is 0. The predicted octanol–water partition coefficient (Wildman–Crippen LogP) is 6.28. The molecule has 1 aliphatic carbocycles. The number of thiophene rings is 1. The molecule has 0 unspecified atom stereocenters. The average molecular weight is 469 g/mol. The number of benzene rings is 2. The molecule has 2 heterocycles. The fourth-order valence-corrected chi connectivity index (χ4v) is 6.37. The minimum Gasteiger partial charge on any atom is -0.497 e. The van der Waals surface area contributed by atoms with E-state index in [9.17, 15) is 4.79 Å². The van der Waals surface area contributed by atoms with Crippen molar-refractivity contribution >= 4 is 44.9 Å². The molecule has 1 aliphatic rings. The second-order valence-corrected chi connectivity index (χ2v) is 10.0. The molecule has 7 heteroatoms. The highest BCUT2D eigenvalue weighted by atomic mass is 35.5. The van der Waals surface area contributed by atoms with E-state index in [1.807, 2.05) is 48.5 Å². The van der Waals surface area contributed by atoms with Crippen LogP contribution < -0.4 is 10.3 Å². The Morgan fingerprint density at radius 1 is 1.10 bits per heavy atom. The lowest BCUT2D eigenvalue weighted by atomic mass is 9.97. The number of rotatable bonds is 5. The van der Waals surface area contributed by atoms with Crippen LogP contribution in [0.3, 0.4) is 0 Å². The molecular formula is C24H21ClN2O2S2. The van der Waals surface area contributed by atoms with Crippen molar-refractivity contribution in [1.29, 1.82) is 0 Å². The van der Waals surface area contributed by atoms with Crippen LogP contribution in [0.4, 0.5) is 0 Å². The monoisotopic (exact) mass is 468 g/mol. The van der Waals surface area contributed by atoms with Gasteiger partial charge in [0.1, 0.15) is 10.6 Å². The Balaban J connectivity index is 1.64. The summed E-state index contributed by atoms with van der Waals surface area (Å²) in [6.07, 6.45) is 4.33. The van der Waals surface area contributed by atoms with Crippen molar-refractivity contribution < 1.29 is 4.74 Å². The number of fused-ring (bicyclic) bond motifs is 3. The van der Waals surface area contributed by atoms with Gasteiger partial charge in [-0.25, -0.2) is 4.98 Å². The van der Waals surface area contributed by atoms with Gasteiger partial charge in [0.2, 0.25) is 0 Å². The lowest BCUT2D eigenvalue weighted by Crippen LogP contribution is -2.22. The Hall–Kier alpha value is -2.28. The van der Waals surface area contributed by atoms with Crippen molar-refractivity contribution in [3.63, 3.8) is 0 Å². The zero-order valence-electron chi connectivity index (χ0n) is 17.1. The number of ether oxygens (including phenoxy) is 1. The van der Waals surface area contributed by atoms with Gasteiger partial charge in [-0.3, -0.25) is 9.36 Å². The molecule has 0 atom stereocenters. The first kappa shape index (κ1) is 20.6. The van der Waals surface area contributed by atoms with Crippen molar-refractivity contribution in [2.75, 3.05) is 7.11 Å². The summed E-state index contributed by atoms with van der Waals surface area (Å²) in [5.74, 6) is 1.46. The molecule has 0 saturated carbocycles. The third-order valence-corrected chi connectivity index (χ3v) is 8.02. The predicted molar refractivity (Wildman–Crippen MR) is 129 cm³/mol. The highest BCUT2D eigenvalue weighted by Crippen LogP contribution is 2.35. The average Bonchev–Trinajstić information content (AvgIpc) is 3.17. The van der Waals surface area contributed by atoms with Crippen LogP contribution in [-0.4, -0.2) is 16.7 Å². The van der Waals surface area contributed by atoms with E-state index in [2.05, 4.69) is 0 Å². The van der Waals surface area contributed by atoms with Crippen LogP contribution in [0.1, 0.15) is 28.8 Å². The minimum atomic E-state index is 0.0215. The summed E-state index contributed by atoms with van der Waals surface area (Å²) < 4.78 is 7.05. The molecule has 0 amide bonds. The minimum absolute atomic E-state index is 0.0215. The van der Waals surface area contributed by atoms with E-state index in [4.69, 9.17) is 21.3 Å². The fraction of sp³-hybridized carbons (Fsp3) is 0.250. The highest BCUT2D eigenvalue weighted by Gasteiger charge is 2.23. The van der Waals surface area contributed by atoms with Gasteiger partial charge in [-0.15, -0.1) is 11.3 Å². The molecule has 4 nitrogen and oxygen atoms in total. The molecule has 0 N–H and O–H groups in total. The summed E-state index contributed by atoms with van der Waals surface area (Å²) >= 11 is 9.28. The van der Waals surface area contributed by atoms with E-state index < -0.39 is 0 Å². The third-order valence-electron chi connectivity index (χ3n) is 5.57. The van der Waals surface area contributed by atoms with Gasteiger partial charge >= 0.3 is 0 Å².